The molecule has 1 N–H and O–H groups in total. The lowest BCUT2D eigenvalue weighted by Gasteiger charge is -2.03. The van der Waals surface area contributed by atoms with Crippen molar-refractivity contribution in [3.63, 3.8) is 0 Å². The van der Waals surface area contributed by atoms with Gasteiger partial charge in [-0.2, -0.15) is 0 Å². The number of nitrogens with zero attached hydrogens (tertiary/aromatic N) is 2. The highest BCUT2D eigenvalue weighted by molar-refractivity contribution is 5.93. The molecule has 0 atom stereocenters. The Hall–Kier alpha value is -1.84. The second-order valence-electron chi connectivity index (χ2n) is 3.03. The molecule has 0 saturated heterocycles. The molecule has 0 aliphatic heterocycles. The minimum atomic E-state index is -0.962. The van der Waals surface area contributed by atoms with E-state index in [0.29, 0.717) is 5.69 Å². The first kappa shape index (κ1) is 10.2. The Morgan fingerprint density at radius 2 is 2.07 bits per heavy atom. The van der Waals surface area contributed by atoms with Crippen molar-refractivity contribution in [2.24, 2.45) is 4.99 Å². The maximum absolute atomic E-state index is 10.8. The Kier molecular flexibility index (Phi) is 3.23. The number of rotatable bonds is 3. The normalized spacial score (nSPS) is 10.4. The van der Waals surface area contributed by atoms with Gasteiger partial charge in [-0.3, -0.25) is 0 Å². The molecule has 0 saturated carbocycles. The van der Waals surface area contributed by atoms with Crippen molar-refractivity contribution < 1.29 is 9.90 Å². The zero-order chi connectivity index (χ0) is 10.6. The van der Waals surface area contributed by atoms with Crippen LogP contribution in [0.2, 0.25) is 0 Å². The van der Waals surface area contributed by atoms with E-state index in [9.17, 15) is 4.79 Å². The first-order valence-corrected chi connectivity index (χ1v) is 4.14. The number of carboxylic acids is 1. The number of para-hydroxylation sites is 1. The SMILES string of the molecule is CN(C)/C=N/c1ccccc1C(=O)O. The van der Waals surface area contributed by atoms with Gasteiger partial charge in [0, 0.05) is 14.1 Å². The van der Waals surface area contributed by atoms with Crippen LogP contribution in [0.15, 0.2) is 29.3 Å². The molecule has 0 aliphatic carbocycles. The van der Waals surface area contributed by atoms with Crippen LogP contribution in [0.4, 0.5) is 5.69 Å². The fraction of sp³-hybridized carbons (Fsp3) is 0.200. The van der Waals surface area contributed by atoms with E-state index in [-0.39, 0.29) is 5.56 Å². The third-order valence-electron chi connectivity index (χ3n) is 1.56. The van der Waals surface area contributed by atoms with E-state index in [1.54, 1.807) is 29.4 Å². The lowest BCUT2D eigenvalue weighted by molar-refractivity contribution is 0.0698. The van der Waals surface area contributed by atoms with E-state index in [4.69, 9.17) is 5.11 Å². The fourth-order valence-corrected chi connectivity index (χ4v) is 0.945. The van der Waals surface area contributed by atoms with Crippen molar-refractivity contribution in [3.8, 4) is 0 Å². The smallest absolute Gasteiger partial charge is 0.337 e. The maximum Gasteiger partial charge on any atom is 0.337 e. The molecule has 1 aromatic carbocycles. The summed E-state index contributed by atoms with van der Waals surface area (Å²) in [5.74, 6) is -0.962. The van der Waals surface area contributed by atoms with Crippen LogP contribution < -0.4 is 0 Å². The van der Waals surface area contributed by atoms with Crippen LogP contribution in [0.1, 0.15) is 10.4 Å². The quantitative estimate of drug-likeness (QED) is 0.584. The number of aliphatic imine (C=N–C) groups is 1. The van der Waals surface area contributed by atoms with Gasteiger partial charge in [0.25, 0.3) is 0 Å². The van der Waals surface area contributed by atoms with Crippen LogP contribution in [-0.4, -0.2) is 36.4 Å². The van der Waals surface area contributed by atoms with Gasteiger partial charge in [-0.25, -0.2) is 9.79 Å². The molecule has 0 bridgehead atoms. The average Bonchev–Trinajstić information content (AvgIpc) is 2.15. The van der Waals surface area contributed by atoms with E-state index >= 15 is 0 Å². The lowest BCUT2D eigenvalue weighted by atomic mass is 10.2. The van der Waals surface area contributed by atoms with Gasteiger partial charge in [-0.15, -0.1) is 0 Å². The summed E-state index contributed by atoms with van der Waals surface area (Å²) in [4.78, 5) is 16.6. The summed E-state index contributed by atoms with van der Waals surface area (Å²) in [5, 5.41) is 8.84. The van der Waals surface area contributed by atoms with Crippen LogP contribution in [0.5, 0.6) is 0 Å². The predicted molar refractivity (Wildman–Crippen MR) is 55.2 cm³/mol. The lowest BCUT2D eigenvalue weighted by Crippen LogP contribution is -2.07. The van der Waals surface area contributed by atoms with Gasteiger partial charge < -0.3 is 10.0 Å². The second kappa shape index (κ2) is 4.41. The van der Waals surface area contributed by atoms with Crippen LogP contribution in [0, 0.1) is 0 Å². The molecule has 14 heavy (non-hydrogen) atoms. The van der Waals surface area contributed by atoms with E-state index in [2.05, 4.69) is 4.99 Å². The van der Waals surface area contributed by atoms with Crippen molar-refractivity contribution >= 4 is 18.0 Å². The van der Waals surface area contributed by atoms with E-state index in [0.717, 1.165) is 0 Å². The molecule has 74 valence electrons. The summed E-state index contributed by atoms with van der Waals surface area (Å²) in [5.41, 5.74) is 0.680. The zero-order valence-corrected chi connectivity index (χ0v) is 8.14. The van der Waals surface area contributed by atoms with Crippen molar-refractivity contribution in [1.82, 2.24) is 4.90 Å². The molecular weight excluding hydrogens is 180 g/mol. The molecule has 0 amide bonds. The summed E-state index contributed by atoms with van der Waals surface area (Å²) in [7, 11) is 3.65. The Bertz CT molecular complexity index is 359. The molecule has 0 spiro atoms. The van der Waals surface area contributed by atoms with Gasteiger partial charge in [0.2, 0.25) is 0 Å². The number of carboxylic acid groups (broad SMARTS) is 1. The molecule has 0 fully saturated rings. The van der Waals surface area contributed by atoms with Crippen LogP contribution >= 0.6 is 0 Å². The second-order valence-corrected chi connectivity index (χ2v) is 3.03. The highest BCUT2D eigenvalue weighted by Gasteiger charge is 2.06. The maximum atomic E-state index is 10.8. The van der Waals surface area contributed by atoms with Gasteiger partial charge in [-0.05, 0) is 12.1 Å². The van der Waals surface area contributed by atoms with Crippen LogP contribution in [0.25, 0.3) is 0 Å². The Morgan fingerprint density at radius 1 is 1.43 bits per heavy atom. The minimum Gasteiger partial charge on any atom is -0.478 e. The summed E-state index contributed by atoms with van der Waals surface area (Å²) >= 11 is 0. The zero-order valence-electron chi connectivity index (χ0n) is 8.14. The summed E-state index contributed by atoms with van der Waals surface area (Å²) in [6.07, 6.45) is 1.57. The highest BCUT2D eigenvalue weighted by atomic mass is 16.4. The van der Waals surface area contributed by atoms with E-state index in [1.165, 1.54) is 6.07 Å². The van der Waals surface area contributed by atoms with Gasteiger partial charge in [0.15, 0.2) is 0 Å². The molecular formula is C10H12N2O2. The van der Waals surface area contributed by atoms with Crippen molar-refractivity contribution in [3.05, 3.63) is 29.8 Å². The molecule has 0 radical (unpaired) electrons. The van der Waals surface area contributed by atoms with Gasteiger partial charge in [0.05, 0.1) is 17.6 Å². The average molecular weight is 192 g/mol. The third-order valence-corrected chi connectivity index (χ3v) is 1.56. The van der Waals surface area contributed by atoms with Crippen molar-refractivity contribution in [2.75, 3.05) is 14.1 Å². The number of hydrogen-bond acceptors (Lipinski definition) is 2. The van der Waals surface area contributed by atoms with Gasteiger partial charge in [-0.1, -0.05) is 12.1 Å². The Morgan fingerprint density at radius 3 is 2.64 bits per heavy atom. The molecule has 1 aromatic rings. The molecule has 4 heteroatoms. The van der Waals surface area contributed by atoms with Crippen molar-refractivity contribution in [1.29, 1.82) is 0 Å². The predicted octanol–water partition coefficient (Wildman–Crippen LogP) is 1.61. The molecule has 0 aliphatic rings. The van der Waals surface area contributed by atoms with Crippen molar-refractivity contribution in [2.45, 2.75) is 0 Å². The minimum absolute atomic E-state index is 0.214. The largest absolute Gasteiger partial charge is 0.478 e. The summed E-state index contributed by atoms with van der Waals surface area (Å²) < 4.78 is 0. The first-order valence-electron chi connectivity index (χ1n) is 4.14. The summed E-state index contributed by atoms with van der Waals surface area (Å²) in [6.45, 7) is 0. The van der Waals surface area contributed by atoms with E-state index < -0.39 is 5.97 Å². The number of carbonyl (C=O) groups is 1. The molecule has 1 rings (SSSR count). The molecule has 0 heterocycles. The number of aromatic carboxylic acids is 1. The van der Waals surface area contributed by atoms with Gasteiger partial charge in [0.1, 0.15) is 0 Å². The van der Waals surface area contributed by atoms with Gasteiger partial charge >= 0.3 is 5.97 Å². The summed E-state index contributed by atoms with van der Waals surface area (Å²) in [6, 6.07) is 6.64. The fourth-order valence-electron chi connectivity index (χ4n) is 0.945. The number of benzene rings is 1. The standard InChI is InChI=1S/C10H12N2O2/c1-12(2)7-11-9-6-4-3-5-8(9)10(13)14/h3-7H,1-2H3,(H,13,14)/b11-7+. The van der Waals surface area contributed by atoms with Crippen LogP contribution in [-0.2, 0) is 0 Å². The Balaban J connectivity index is 3.02. The molecule has 4 nitrogen and oxygen atoms in total. The third kappa shape index (κ3) is 2.58. The molecule has 0 aromatic heterocycles. The van der Waals surface area contributed by atoms with Crippen LogP contribution in [0.3, 0.4) is 0 Å². The Labute approximate surface area is 82.5 Å². The first-order chi connectivity index (χ1) is 6.61. The monoisotopic (exact) mass is 192 g/mol. The van der Waals surface area contributed by atoms with E-state index in [1.807, 2.05) is 14.1 Å². The highest BCUT2D eigenvalue weighted by Crippen LogP contribution is 2.17. The topological polar surface area (TPSA) is 52.9 Å². The molecule has 0 unspecified atom stereocenters. The number of hydrogen-bond donors (Lipinski definition) is 1.